The molecular weight excluding hydrogens is 258 g/mol. The maximum absolute atomic E-state index is 4.12. The molecule has 2 rings (SSSR count). The van der Waals surface area contributed by atoms with Crippen molar-refractivity contribution in [3.63, 3.8) is 0 Å². The number of hydrogen-bond acceptors (Lipinski definition) is 6. The topological polar surface area (TPSA) is 37.8 Å². The normalized spacial score (nSPS) is 10.8. The van der Waals surface area contributed by atoms with Crippen LogP contribution in [0.5, 0.6) is 0 Å². The molecule has 2 aromatic heterocycles. The molecule has 6 heteroatoms. The van der Waals surface area contributed by atoms with E-state index in [1.807, 2.05) is 0 Å². The lowest BCUT2D eigenvalue weighted by atomic mass is 10.2. The van der Waals surface area contributed by atoms with Crippen LogP contribution in [0.1, 0.15) is 5.56 Å². The number of rotatable bonds is 7. The Balaban J connectivity index is 1.49. The fraction of sp³-hybridized carbons (Fsp3) is 0.400. The van der Waals surface area contributed by atoms with E-state index in [4.69, 9.17) is 0 Å². The van der Waals surface area contributed by atoms with Crippen molar-refractivity contribution in [3.05, 3.63) is 28.7 Å². The SMILES string of the molecule is c1nsc(SCCNCCc2ccsc2)n1. The summed E-state index contributed by atoms with van der Waals surface area (Å²) in [4.78, 5) is 4.12. The van der Waals surface area contributed by atoms with Crippen molar-refractivity contribution >= 4 is 34.6 Å². The molecule has 0 saturated carbocycles. The number of thiophene rings is 1. The molecule has 0 aromatic carbocycles. The maximum Gasteiger partial charge on any atom is 0.169 e. The van der Waals surface area contributed by atoms with E-state index >= 15 is 0 Å². The van der Waals surface area contributed by atoms with Crippen LogP contribution in [0, 0.1) is 0 Å². The molecule has 0 atom stereocenters. The molecule has 0 saturated heterocycles. The van der Waals surface area contributed by atoms with Crippen molar-refractivity contribution in [3.8, 4) is 0 Å². The molecule has 0 aliphatic rings. The Morgan fingerprint density at radius 2 is 2.38 bits per heavy atom. The second-order valence-electron chi connectivity index (χ2n) is 3.19. The van der Waals surface area contributed by atoms with E-state index < -0.39 is 0 Å². The van der Waals surface area contributed by atoms with E-state index in [9.17, 15) is 0 Å². The van der Waals surface area contributed by atoms with Gasteiger partial charge in [0.2, 0.25) is 0 Å². The first-order chi connectivity index (χ1) is 7.95. The van der Waals surface area contributed by atoms with Gasteiger partial charge in [-0.15, -0.1) is 0 Å². The van der Waals surface area contributed by atoms with Gasteiger partial charge in [-0.2, -0.15) is 15.7 Å². The third kappa shape index (κ3) is 4.21. The summed E-state index contributed by atoms with van der Waals surface area (Å²) < 4.78 is 5.02. The molecule has 0 spiro atoms. The Labute approximate surface area is 107 Å². The van der Waals surface area contributed by atoms with Crippen LogP contribution in [0.2, 0.25) is 0 Å². The quantitative estimate of drug-likeness (QED) is 0.620. The van der Waals surface area contributed by atoms with Crippen LogP contribution in [-0.2, 0) is 6.42 Å². The molecule has 0 aliphatic carbocycles. The Hall–Kier alpha value is -0.430. The second kappa shape index (κ2) is 7.01. The number of aromatic nitrogens is 2. The average Bonchev–Trinajstić information content (AvgIpc) is 2.96. The molecule has 2 aromatic rings. The summed E-state index contributed by atoms with van der Waals surface area (Å²) >= 11 is 4.98. The van der Waals surface area contributed by atoms with Gasteiger partial charge in [-0.05, 0) is 46.9 Å². The van der Waals surface area contributed by atoms with Crippen LogP contribution in [0.15, 0.2) is 27.5 Å². The molecule has 0 amide bonds. The van der Waals surface area contributed by atoms with Crippen LogP contribution in [0.25, 0.3) is 0 Å². The van der Waals surface area contributed by atoms with Crippen molar-refractivity contribution in [1.82, 2.24) is 14.7 Å². The van der Waals surface area contributed by atoms with E-state index in [1.165, 1.54) is 17.1 Å². The molecule has 0 aliphatic heterocycles. The molecule has 0 bridgehead atoms. The molecule has 0 radical (unpaired) electrons. The monoisotopic (exact) mass is 271 g/mol. The fourth-order valence-electron chi connectivity index (χ4n) is 1.23. The minimum absolute atomic E-state index is 1.02. The van der Waals surface area contributed by atoms with Crippen molar-refractivity contribution < 1.29 is 0 Å². The van der Waals surface area contributed by atoms with E-state index in [0.717, 1.165) is 29.6 Å². The predicted octanol–water partition coefficient (Wildman–Crippen LogP) is 2.52. The molecule has 0 unspecified atom stereocenters. The standard InChI is InChI=1S/C10H13N3S3/c1(9-2-5-14-7-9)3-11-4-6-15-10-12-8-13-16-10/h2,5,7-8,11H,1,3-4,6H2. The van der Waals surface area contributed by atoms with Crippen LogP contribution >= 0.6 is 34.6 Å². The highest BCUT2D eigenvalue weighted by Gasteiger charge is 1.97. The Morgan fingerprint density at radius 3 is 3.12 bits per heavy atom. The molecule has 86 valence electrons. The second-order valence-corrected chi connectivity index (χ2v) is 6.09. The van der Waals surface area contributed by atoms with Gasteiger partial charge in [-0.1, -0.05) is 11.8 Å². The highest BCUT2D eigenvalue weighted by atomic mass is 32.2. The summed E-state index contributed by atoms with van der Waals surface area (Å²) in [5, 5.41) is 7.76. The van der Waals surface area contributed by atoms with Crippen molar-refractivity contribution in [2.45, 2.75) is 10.8 Å². The van der Waals surface area contributed by atoms with Gasteiger partial charge in [0.1, 0.15) is 6.33 Å². The first-order valence-corrected chi connectivity index (χ1v) is 7.76. The van der Waals surface area contributed by atoms with Gasteiger partial charge >= 0.3 is 0 Å². The Morgan fingerprint density at radius 1 is 1.38 bits per heavy atom. The molecule has 3 nitrogen and oxygen atoms in total. The number of thioether (sulfide) groups is 1. The van der Waals surface area contributed by atoms with Crippen LogP contribution in [0.4, 0.5) is 0 Å². The van der Waals surface area contributed by atoms with Crippen molar-refractivity contribution in [2.75, 3.05) is 18.8 Å². The van der Waals surface area contributed by atoms with Gasteiger partial charge in [0.05, 0.1) is 0 Å². The van der Waals surface area contributed by atoms with Gasteiger partial charge in [0, 0.05) is 12.3 Å². The molecular formula is C10H13N3S3. The van der Waals surface area contributed by atoms with Gasteiger partial charge < -0.3 is 5.32 Å². The summed E-state index contributed by atoms with van der Waals surface area (Å²) in [5.74, 6) is 1.05. The van der Waals surface area contributed by atoms with E-state index in [2.05, 4.69) is 31.5 Å². The molecule has 1 N–H and O–H groups in total. The number of nitrogens with one attached hydrogen (secondary N) is 1. The van der Waals surface area contributed by atoms with Crippen LogP contribution in [-0.4, -0.2) is 28.2 Å². The van der Waals surface area contributed by atoms with Gasteiger partial charge in [0.15, 0.2) is 4.34 Å². The van der Waals surface area contributed by atoms with Gasteiger partial charge in [-0.3, -0.25) is 0 Å². The molecule has 0 fully saturated rings. The predicted molar refractivity (Wildman–Crippen MR) is 71.5 cm³/mol. The minimum atomic E-state index is 1.02. The smallest absolute Gasteiger partial charge is 0.169 e. The summed E-state index contributed by atoms with van der Waals surface area (Å²) in [6.45, 7) is 2.07. The maximum atomic E-state index is 4.12. The summed E-state index contributed by atoms with van der Waals surface area (Å²) in [6.07, 6.45) is 2.73. The van der Waals surface area contributed by atoms with Crippen molar-refractivity contribution in [2.24, 2.45) is 0 Å². The van der Waals surface area contributed by atoms with Crippen molar-refractivity contribution in [1.29, 1.82) is 0 Å². The van der Waals surface area contributed by atoms with E-state index in [0.29, 0.717) is 0 Å². The van der Waals surface area contributed by atoms with Gasteiger partial charge in [-0.25, -0.2) is 4.98 Å². The molecule has 16 heavy (non-hydrogen) atoms. The first-order valence-electron chi connectivity index (χ1n) is 5.06. The highest BCUT2D eigenvalue weighted by molar-refractivity contribution is 8.00. The Kier molecular flexibility index (Phi) is 5.27. The zero-order valence-corrected chi connectivity index (χ0v) is 11.2. The number of nitrogens with zero attached hydrogens (tertiary/aromatic N) is 2. The average molecular weight is 271 g/mol. The third-order valence-electron chi connectivity index (χ3n) is 2.02. The zero-order chi connectivity index (χ0) is 11.1. The lowest BCUT2D eigenvalue weighted by molar-refractivity contribution is 0.722. The summed E-state index contributed by atoms with van der Waals surface area (Å²) in [6, 6.07) is 2.18. The van der Waals surface area contributed by atoms with Crippen LogP contribution < -0.4 is 5.32 Å². The summed E-state index contributed by atoms with van der Waals surface area (Å²) in [7, 11) is 0. The zero-order valence-electron chi connectivity index (χ0n) is 8.76. The van der Waals surface area contributed by atoms with E-state index in [1.54, 1.807) is 29.4 Å². The first kappa shape index (κ1) is 12.0. The largest absolute Gasteiger partial charge is 0.316 e. The number of hydrogen-bond donors (Lipinski definition) is 1. The minimum Gasteiger partial charge on any atom is -0.316 e. The fourth-order valence-corrected chi connectivity index (χ4v) is 3.34. The molecule has 2 heterocycles. The lowest BCUT2D eigenvalue weighted by Gasteiger charge is -2.02. The van der Waals surface area contributed by atoms with Crippen LogP contribution in [0.3, 0.4) is 0 Å². The van der Waals surface area contributed by atoms with Gasteiger partial charge in [0.25, 0.3) is 0 Å². The lowest BCUT2D eigenvalue weighted by Crippen LogP contribution is -2.19. The third-order valence-corrected chi connectivity index (χ3v) is 4.55. The van der Waals surface area contributed by atoms with E-state index in [-0.39, 0.29) is 0 Å². The highest BCUT2D eigenvalue weighted by Crippen LogP contribution is 2.16. The Bertz CT molecular complexity index is 334. The summed E-state index contributed by atoms with van der Waals surface area (Å²) in [5.41, 5.74) is 1.43.